The normalized spacial score (nSPS) is 10.1. The van der Waals surface area contributed by atoms with Gasteiger partial charge in [0.1, 0.15) is 0 Å². The van der Waals surface area contributed by atoms with Crippen LogP contribution in [0.5, 0.6) is 0 Å². The summed E-state index contributed by atoms with van der Waals surface area (Å²) in [5.74, 6) is -0.280. The molecule has 0 aliphatic carbocycles. The zero-order chi connectivity index (χ0) is 15.1. The first-order chi connectivity index (χ1) is 10.2. The second kappa shape index (κ2) is 7.23. The van der Waals surface area contributed by atoms with Gasteiger partial charge in [-0.25, -0.2) is 0 Å². The minimum atomic E-state index is -0.172. The number of nitrogens with zero attached hydrogens (tertiary/aromatic N) is 1. The molecular formula is C15H18N4O2. The molecule has 2 aromatic rings. The molecule has 1 heterocycles. The third kappa shape index (κ3) is 4.45. The number of aromatic nitrogens is 2. The maximum Gasteiger partial charge on any atom is 0.251 e. The summed E-state index contributed by atoms with van der Waals surface area (Å²) in [5.41, 5.74) is 2.48. The lowest BCUT2D eigenvalue weighted by Crippen LogP contribution is -2.30. The van der Waals surface area contributed by atoms with E-state index in [4.69, 9.17) is 0 Å². The van der Waals surface area contributed by atoms with Crippen LogP contribution in [0, 0.1) is 6.92 Å². The van der Waals surface area contributed by atoms with E-state index < -0.39 is 0 Å². The van der Waals surface area contributed by atoms with E-state index in [0.29, 0.717) is 18.7 Å². The average molecular weight is 286 g/mol. The van der Waals surface area contributed by atoms with Crippen molar-refractivity contribution < 1.29 is 9.59 Å². The maximum absolute atomic E-state index is 11.8. The van der Waals surface area contributed by atoms with Crippen LogP contribution in [0.1, 0.15) is 28.0 Å². The summed E-state index contributed by atoms with van der Waals surface area (Å²) >= 11 is 0. The Morgan fingerprint density at radius 2 is 1.95 bits per heavy atom. The van der Waals surface area contributed by atoms with E-state index in [0.717, 1.165) is 11.3 Å². The summed E-state index contributed by atoms with van der Waals surface area (Å²) in [6, 6.07) is 8.92. The number of aromatic amines is 1. The number of carbonyl (C=O) groups is 2. The van der Waals surface area contributed by atoms with Crippen LogP contribution in [0.3, 0.4) is 0 Å². The first-order valence-corrected chi connectivity index (χ1v) is 6.75. The van der Waals surface area contributed by atoms with Crippen molar-refractivity contribution in [3.05, 3.63) is 53.3 Å². The van der Waals surface area contributed by atoms with Gasteiger partial charge in [-0.2, -0.15) is 5.10 Å². The highest BCUT2D eigenvalue weighted by atomic mass is 16.2. The van der Waals surface area contributed by atoms with Gasteiger partial charge in [0.05, 0.1) is 6.20 Å². The topological polar surface area (TPSA) is 86.9 Å². The van der Waals surface area contributed by atoms with Gasteiger partial charge in [0.15, 0.2) is 0 Å². The molecule has 21 heavy (non-hydrogen) atoms. The summed E-state index contributed by atoms with van der Waals surface area (Å²) in [5, 5.41) is 12.2. The van der Waals surface area contributed by atoms with Crippen molar-refractivity contribution in [2.75, 3.05) is 6.54 Å². The molecule has 0 fully saturated rings. The maximum atomic E-state index is 11.8. The largest absolute Gasteiger partial charge is 0.352 e. The molecule has 0 saturated heterocycles. The molecule has 0 aliphatic rings. The second-order valence-electron chi connectivity index (χ2n) is 4.67. The van der Waals surface area contributed by atoms with Crippen LogP contribution >= 0.6 is 0 Å². The van der Waals surface area contributed by atoms with Gasteiger partial charge in [-0.05, 0) is 19.1 Å². The van der Waals surface area contributed by atoms with Crippen LogP contribution in [0.25, 0.3) is 0 Å². The number of carbonyl (C=O) groups excluding carboxylic acids is 2. The second-order valence-corrected chi connectivity index (χ2v) is 4.67. The number of benzene rings is 1. The third-order valence-electron chi connectivity index (χ3n) is 3.08. The predicted octanol–water partition coefficient (Wildman–Crippen LogP) is 1.15. The quantitative estimate of drug-likeness (QED) is 0.744. The standard InChI is InChI=1S/C15H18N4O2/c1-11-13(10-18-19-11)9-17-14(20)7-8-16-15(21)12-5-3-2-4-6-12/h2-6,10H,7-9H2,1H3,(H,16,21)(H,17,20)(H,18,19). The van der Waals surface area contributed by atoms with Gasteiger partial charge >= 0.3 is 0 Å². The van der Waals surface area contributed by atoms with Gasteiger partial charge in [-0.15, -0.1) is 0 Å². The summed E-state index contributed by atoms with van der Waals surface area (Å²) in [4.78, 5) is 23.4. The smallest absolute Gasteiger partial charge is 0.251 e. The lowest BCUT2D eigenvalue weighted by molar-refractivity contribution is -0.121. The van der Waals surface area contributed by atoms with Gasteiger partial charge in [0.25, 0.3) is 5.91 Å². The first kappa shape index (κ1) is 14.8. The molecule has 2 amide bonds. The first-order valence-electron chi connectivity index (χ1n) is 6.75. The van der Waals surface area contributed by atoms with Gasteiger partial charge in [0, 0.05) is 36.3 Å². The number of nitrogens with one attached hydrogen (secondary N) is 3. The van der Waals surface area contributed by atoms with Gasteiger partial charge in [-0.3, -0.25) is 14.7 Å². The summed E-state index contributed by atoms with van der Waals surface area (Å²) in [6.45, 7) is 2.65. The van der Waals surface area contributed by atoms with E-state index in [1.807, 2.05) is 13.0 Å². The molecule has 2 rings (SSSR count). The minimum Gasteiger partial charge on any atom is -0.352 e. The Bertz CT molecular complexity index is 607. The number of amides is 2. The van der Waals surface area contributed by atoms with E-state index in [1.165, 1.54) is 0 Å². The van der Waals surface area contributed by atoms with Crippen molar-refractivity contribution in [1.29, 1.82) is 0 Å². The van der Waals surface area contributed by atoms with Gasteiger partial charge in [-0.1, -0.05) is 18.2 Å². The molecule has 0 spiro atoms. The number of hydrogen-bond acceptors (Lipinski definition) is 3. The van der Waals surface area contributed by atoms with Crippen LogP contribution in [0.15, 0.2) is 36.5 Å². The lowest BCUT2D eigenvalue weighted by Gasteiger charge is -2.06. The molecule has 0 bridgehead atoms. The molecule has 3 N–H and O–H groups in total. The Labute approximate surface area is 122 Å². The third-order valence-corrected chi connectivity index (χ3v) is 3.08. The number of hydrogen-bond donors (Lipinski definition) is 3. The van der Waals surface area contributed by atoms with Crippen LogP contribution in [0.4, 0.5) is 0 Å². The van der Waals surface area contributed by atoms with Crippen molar-refractivity contribution in [3.63, 3.8) is 0 Å². The molecule has 6 nitrogen and oxygen atoms in total. The van der Waals surface area contributed by atoms with E-state index in [-0.39, 0.29) is 18.2 Å². The van der Waals surface area contributed by atoms with Crippen LogP contribution < -0.4 is 10.6 Å². The molecule has 6 heteroatoms. The number of aryl methyl sites for hydroxylation is 1. The SMILES string of the molecule is Cc1[nH]ncc1CNC(=O)CCNC(=O)c1ccccc1. The summed E-state index contributed by atoms with van der Waals surface area (Å²) in [7, 11) is 0. The highest BCUT2D eigenvalue weighted by Crippen LogP contribution is 2.01. The van der Waals surface area contributed by atoms with Crippen molar-refractivity contribution in [2.24, 2.45) is 0 Å². The molecule has 0 unspecified atom stereocenters. The van der Waals surface area contributed by atoms with Crippen LogP contribution in [0.2, 0.25) is 0 Å². The molecule has 0 radical (unpaired) electrons. The van der Waals surface area contributed by atoms with Crippen molar-refractivity contribution in [3.8, 4) is 0 Å². The Hall–Kier alpha value is -2.63. The van der Waals surface area contributed by atoms with E-state index >= 15 is 0 Å². The van der Waals surface area contributed by atoms with E-state index in [2.05, 4.69) is 20.8 Å². The minimum absolute atomic E-state index is 0.107. The fraction of sp³-hybridized carbons (Fsp3) is 0.267. The molecular weight excluding hydrogens is 268 g/mol. The van der Waals surface area contributed by atoms with Gasteiger partial charge < -0.3 is 10.6 Å². The molecule has 0 saturated carbocycles. The Kier molecular flexibility index (Phi) is 5.09. The van der Waals surface area contributed by atoms with Gasteiger partial charge in [0.2, 0.25) is 5.91 Å². The summed E-state index contributed by atoms with van der Waals surface area (Å²) < 4.78 is 0. The zero-order valence-corrected chi connectivity index (χ0v) is 11.8. The molecule has 110 valence electrons. The molecule has 0 atom stereocenters. The highest BCUT2D eigenvalue weighted by Gasteiger charge is 2.07. The molecule has 1 aromatic carbocycles. The van der Waals surface area contributed by atoms with Crippen LogP contribution in [-0.4, -0.2) is 28.6 Å². The fourth-order valence-electron chi connectivity index (χ4n) is 1.82. The average Bonchev–Trinajstić information content (AvgIpc) is 2.91. The summed E-state index contributed by atoms with van der Waals surface area (Å²) in [6.07, 6.45) is 1.93. The Balaban J connectivity index is 1.68. The van der Waals surface area contributed by atoms with E-state index in [1.54, 1.807) is 30.5 Å². The molecule has 0 aliphatic heterocycles. The highest BCUT2D eigenvalue weighted by molar-refractivity contribution is 5.94. The Morgan fingerprint density at radius 1 is 1.19 bits per heavy atom. The fourth-order valence-corrected chi connectivity index (χ4v) is 1.82. The predicted molar refractivity (Wildman–Crippen MR) is 78.6 cm³/mol. The monoisotopic (exact) mass is 286 g/mol. The number of rotatable bonds is 6. The van der Waals surface area contributed by atoms with Crippen molar-refractivity contribution in [1.82, 2.24) is 20.8 Å². The Morgan fingerprint density at radius 3 is 2.62 bits per heavy atom. The van der Waals surface area contributed by atoms with Crippen molar-refractivity contribution >= 4 is 11.8 Å². The van der Waals surface area contributed by atoms with E-state index in [9.17, 15) is 9.59 Å². The van der Waals surface area contributed by atoms with Crippen molar-refractivity contribution in [2.45, 2.75) is 19.9 Å². The number of H-pyrrole nitrogens is 1. The molecule has 1 aromatic heterocycles. The lowest BCUT2D eigenvalue weighted by atomic mass is 10.2. The van der Waals surface area contributed by atoms with Crippen LogP contribution in [-0.2, 0) is 11.3 Å². The zero-order valence-electron chi connectivity index (χ0n) is 11.8.